The van der Waals surface area contributed by atoms with Gasteiger partial charge < -0.3 is 9.47 Å². The van der Waals surface area contributed by atoms with E-state index in [1.165, 1.54) is 4.90 Å². The average Bonchev–Trinajstić information content (AvgIpc) is 3.61. The molecule has 1 saturated heterocycles. The van der Waals surface area contributed by atoms with Gasteiger partial charge in [-0.1, -0.05) is 0 Å². The zero-order valence-corrected chi connectivity index (χ0v) is 21.3. The zero-order valence-electron chi connectivity index (χ0n) is 20.5. The smallest absolute Gasteiger partial charge is 0.410 e. The number of nitrogens with one attached hydrogen (secondary N) is 1. The van der Waals surface area contributed by atoms with Crippen LogP contribution >= 0.6 is 0 Å². The third kappa shape index (κ3) is 5.16. The Morgan fingerprint density at radius 2 is 1.92 bits per heavy atom. The first-order chi connectivity index (χ1) is 17.2. The highest BCUT2D eigenvalue weighted by atomic mass is 32.2. The maximum Gasteiger partial charge on any atom is 0.410 e. The molecule has 206 valence electrons. The Morgan fingerprint density at radius 3 is 2.51 bits per heavy atom. The number of hydrogen-bond acceptors (Lipinski definition) is 7. The summed E-state index contributed by atoms with van der Waals surface area (Å²) >= 11 is 0. The fraction of sp³-hybridized carbons (Fsp3) is 0.783. The molecule has 9 nitrogen and oxygen atoms in total. The van der Waals surface area contributed by atoms with Gasteiger partial charge in [0, 0.05) is 17.5 Å². The van der Waals surface area contributed by atoms with Crippen LogP contribution in [0.4, 0.5) is 22.4 Å². The summed E-state index contributed by atoms with van der Waals surface area (Å²) < 4.78 is 91.2. The summed E-state index contributed by atoms with van der Waals surface area (Å²) in [4.78, 5) is 22.4. The number of carbonyl (C=O) groups is 1. The van der Waals surface area contributed by atoms with Gasteiger partial charge in [0.15, 0.2) is 5.82 Å². The van der Waals surface area contributed by atoms with Crippen molar-refractivity contribution in [3.63, 3.8) is 0 Å². The minimum atomic E-state index is -3.63. The monoisotopic (exact) mass is 550 g/mol. The fourth-order valence-electron chi connectivity index (χ4n) is 5.98. The number of ether oxygens (including phenoxy) is 2. The molecule has 1 amide bonds. The van der Waals surface area contributed by atoms with Crippen molar-refractivity contribution in [3.8, 4) is 0 Å². The van der Waals surface area contributed by atoms with Crippen LogP contribution in [-0.4, -0.2) is 84.7 Å². The number of hydrogen-bond donors (Lipinski definition) is 1. The molecule has 14 heteroatoms. The van der Waals surface area contributed by atoms with Crippen LogP contribution in [0.5, 0.6) is 0 Å². The van der Waals surface area contributed by atoms with Crippen molar-refractivity contribution in [1.29, 1.82) is 0 Å². The first-order valence-electron chi connectivity index (χ1n) is 12.3. The fourth-order valence-corrected chi connectivity index (χ4v) is 6.78. The number of aromatic nitrogens is 2. The second kappa shape index (κ2) is 9.01. The lowest BCUT2D eigenvalue weighted by atomic mass is 9.86. The number of amides is 1. The number of halogens is 4. The van der Waals surface area contributed by atoms with E-state index in [0.29, 0.717) is 18.7 Å². The van der Waals surface area contributed by atoms with Crippen molar-refractivity contribution in [2.75, 3.05) is 19.5 Å². The highest BCUT2D eigenvalue weighted by Crippen LogP contribution is 2.61. The standard InChI is InChI=1S/C23H30F4N4O5S/c1-13-5-17(30-37(2,33)34)18(31(13)20(32)36-12-22(25)11-23(22,26)27)10-35-16-3-4-21(7-14(21)6-16)19-28-8-15(24)9-29-19/h8-9,13-14,16-18,30H,3-7,10-12H2,1-2H3/t13-,14-,16+,17+,18+,21-,22?/m1/s1. The Morgan fingerprint density at radius 1 is 1.24 bits per heavy atom. The molecule has 1 N–H and O–H groups in total. The van der Waals surface area contributed by atoms with E-state index in [4.69, 9.17) is 9.47 Å². The van der Waals surface area contributed by atoms with E-state index in [2.05, 4.69) is 14.7 Å². The lowest BCUT2D eigenvalue weighted by Crippen LogP contribution is -2.50. The van der Waals surface area contributed by atoms with E-state index in [-0.39, 0.29) is 30.5 Å². The molecular formula is C23H30F4N4O5S. The van der Waals surface area contributed by atoms with Crippen LogP contribution in [0.15, 0.2) is 12.4 Å². The molecule has 0 radical (unpaired) electrons. The van der Waals surface area contributed by atoms with Gasteiger partial charge in [-0.15, -0.1) is 0 Å². The van der Waals surface area contributed by atoms with E-state index in [1.54, 1.807) is 6.92 Å². The van der Waals surface area contributed by atoms with Gasteiger partial charge in [0.2, 0.25) is 15.7 Å². The van der Waals surface area contributed by atoms with Crippen molar-refractivity contribution in [2.45, 2.75) is 86.7 Å². The number of alkyl halides is 3. The normalized spacial score (nSPS) is 38.2. The third-order valence-corrected chi connectivity index (χ3v) is 8.92. The van der Waals surface area contributed by atoms with Gasteiger partial charge in [0.25, 0.3) is 5.92 Å². The number of rotatable bonds is 8. The molecule has 5 rings (SSSR count). The molecule has 2 heterocycles. The first-order valence-corrected chi connectivity index (χ1v) is 14.2. The van der Waals surface area contributed by atoms with Gasteiger partial charge in [-0.3, -0.25) is 4.90 Å². The molecule has 0 spiro atoms. The Kier molecular flexibility index (Phi) is 6.46. The number of fused-ring (bicyclic) bond motifs is 1. The Labute approximate surface area is 212 Å². The molecule has 3 saturated carbocycles. The maximum absolute atomic E-state index is 14.0. The van der Waals surface area contributed by atoms with Gasteiger partial charge in [-0.25, -0.2) is 45.5 Å². The molecule has 1 aromatic heterocycles. The largest absolute Gasteiger partial charge is 0.446 e. The first kappa shape index (κ1) is 26.5. The van der Waals surface area contributed by atoms with Crippen LogP contribution in [0.2, 0.25) is 0 Å². The molecule has 0 bridgehead atoms. The van der Waals surface area contributed by atoms with Crippen molar-refractivity contribution in [2.24, 2.45) is 5.92 Å². The summed E-state index contributed by atoms with van der Waals surface area (Å²) in [6.45, 7) is 0.593. The average molecular weight is 551 g/mol. The van der Waals surface area contributed by atoms with E-state index >= 15 is 0 Å². The lowest BCUT2D eigenvalue weighted by molar-refractivity contribution is -0.0226. The molecule has 1 aliphatic heterocycles. The van der Waals surface area contributed by atoms with Gasteiger partial charge in [-0.05, 0) is 44.9 Å². The van der Waals surface area contributed by atoms with Gasteiger partial charge in [0.05, 0.1) is 43.8 Å². The van der Waals surface area contributed by atoms with Crippen LogP contribution in [0, 0.1) is 11.7 Å². The summed E-state index contributed by atoms with van der Waals surface area (Å²) in [5.74, 6) is -3.12. The summed E-state index contributed by atoms with van der Waals surface area (Å²) in [6, 6.07) is -1.94. The van der Waals surface area contributed by atoms with E-state index < -0.39 is 64.7 Å². The van der Waals surface area contributed by atoms with Gasteiger partial charge in [-0.2, -0.15) is 0 Å². The maximum atomic E-state index is 14.0. The Balaban J connectivity index is 1.22. The second-order valence-electron chi connectivity index (χ2n) is 11.0. The van der Waals surface area contributed by atoms with E-state index in [9.17, 15) is 30.8 Å². The Hall–Kier alpha value is -2.06. The van der Waals surface area contributed by atoms with Crippen LogP contribution in [0.3, 0.4) is 0 Å². The predicted molar refractivity (Wildman–Crippen MR) is 122 cm³/mol. The number of carbonyl (C=O) groups excluding carboxylic acids is 1. The molecule has 4 aliphatic rings. The van der Waals surface area contributed by atoms with Gasteiger partial charge >= 0.3 is 6.09 Å². The quantitative estimate of drug-likeness (QED) is 0.496. The van der Waals surface area contributed by atoms with Crippen molar-refractivity contribution in [3.05, 3.63) is 24.0 Å². The lowest BCUT2D eigenvalue weighted by Gasteiger charge is -2.33. The molecule has 7 atom stereocenters. The zero-order chi connectivity index (χ0) is 26.8. The Bertz CT molecular complexity index is 1160. The minimum Gasteiger partial charge on any atom is -0.446 e. The van der Waals surface area contributed by atoms with Crippen LogP contribution in [0.1, 0.15) is 51.3 Å². The highest BCUT2D eigenvalue weighted by Gasteiger charge is 2.74. The molecule has 0 aromatic carbocycles. The predicted octanol–water partition coefficient (Wildman–Crippen LogP) is 2.71. The molecular weight excluding hydrogens is 520 g/mol. The minimum absolute atomic E-state index is 0.0129. The van der Waals surface area contributed by atoms with Crippen LogP contribution in [-0.2, 0) is 24.9 Å². The van der Waals surface area contributed by atoms with Crippen LogP contribution in [0.25, 0.3) is 0 Å². The topological polar surface area (TPSA) is 111 Å². The SMILES string of the molecule is C[C@@H]1C[C@H](NS(C)(=O)=O)[C@H](CO[C@H]2CC[C@@]3(c4ncc(F)cn4)C[C@H]3C2)N1C(=O)OCC1(F)CC1(F)F. The van der Waals surface area contributed by atoms with E-state index in [0.717, 1.165) is 31.5 Å². The highest BCUT2D eigenvalue weighted by molar-refractivity contribution is 7.88. The molecule has 1 unspecified atom stereocenters. The van der Waals surface area contributed by atoms with Crippen molar-refractivity contribution < 1.29 is 40.2 Å². The second-order valence-corrected chi connectivity index (χ2v) is 12.7. The number of sulfonamides is 1. The molecule has 37 heavy (non-hydrogen) atoms. The number of nitrogens with zero attached hydrogens (tertiary/aromatic N) is 3. The summed E-state index contributed by atoms with van der Waals surface area (Å²) in [6.07, 6.45) is 4.43. The molecule has 1 aromatic rings. The van der Waals surface area contributed by atoms with Crippen LogP contribution < -0.4 is 4.72 Å². The summed E-state index contributed by atoms with van der Waals surface area (Å²) in [5, 5.41) is 0. The summed E-state index contributed by atoms with van der Waals surface area (Å²) in [7, 11) is -3.63. The molecule has 3 aliphatic carbocycles. The van der Waals surface area contributed by atoms with Crippen molar-refractivity contribution >= 4 is 16.1 Å². The third-order valence-electron chi connectivity index (χ3n) is 8.19. The van der Waals surface area contributed by atoms with Gasteiger partial charge in [0.1, 0.15) is 12.4 Å². The number of likely N-dealkylation sites (tertiary alicyclic amines) is 1. The van der Waals surface area contributed by atoms with E-state index in [1.807, 2.05) is 0 Å². The summed E-state index contributed by atoms with van der Waals surface area (Å²) in [5.41, 5.74) is -3.05. The van der Waals surface area contributed by atoms with Crippen molar-refractivity contribution in [1.82, 2.24) is 19.6 Å². The molecule has 4 fully saturated rings.